The maximum Gasteiger partial charge on any atom is 0.114 e. The number of rotatable bonds is 10. The fourth-order valence-electron chi connectivity index (χ4n) is 7.21. The van der Waals surface area contributed by atoms with Crippen LogP contribution in [0, 0.1) is 23.2 Å². The Bertz CT molecular complexity index is 778. The van der Waals surface area contributed by atoms with Crippen molar-refractivity contribution < 1.29 is 25.2 Å². The Hall–Kier alpha value is -0.980. The molecule has 4 N–H and O–H groups in total. The summed E-state index contributed by atoms with van der Waals surface area (Å²) in [5.41, 5.74) is 2.79. The Morgan fingerprint density at radius 2 is 1.94 bits per heavy atom. The SMILES string of the molecule is C=C1C(=CC=C2CCC[C@]3(C)[C@@H]([C@H](C)CCCC(C)(C)O)CC[C@@H]23)C[C@@H](O)[C@H](OCCCO)[C@H]1O. The summed E-state index contributed by atoms with van der Waals surface area (Å²) in [5.74, 6) is 1.98. The average Bonchev–Trinajstić information content (AvgIpc) is 3.14. The molecule has 0 aliphatic heterocycles. The third-order valence-corrected chi connectivity index (χ3v) is 9.17. The summed E-state index contributed by atoms with van der Waals surface area (Å²) < 4.78 is 5.63. The number of ether oxygens (including phenoxy) is 1. The van der Waals surface area contributed by atoms with Gasteiger partial charge in [0.1, 0.15) is 12.2 Å². The minimum atomic E-state index is -0.931. The van der Waals surface area contributed by atoms with Gasteiger partial charge in [-0.3, -0.25) is 0 Å². The molecule has 0 unspecified atom stereocenters. The lowest BCUT2D eigenvalue weighted by Crippen LogP contribution is -2.45. The number of fused-ring (bicyclic) bond motifs is 1. The minimum Gasteiger partial charge on any atom is -0.396 e. The van der Waals surface area contributed by atoms with E-state index in [-0.39, 0.29) is 6.61 Å². The van der Waals surface area contributed by atoms with Crippen molar-refractivity contribution in [2.75, 3.05) is 13.2 Å². The molecule has 0 aromatic carbocycles. The number of hydrogen-bond acceptors (Lipinski definition) is 5. The predicted octanol–water partition coefficient (Wildman–Crippen LogP) is 5.08. The topological polar surface area (TPSA) is 90.2 Å². The lowest BCUT2D eigenvalue weighted by atomic mass is 9.60. The van der Waals surface area contributed by atoms with Crippen molar-refractivity contribution in [3.8, 4) is 0 Å². The Kier molecular flexibility index (Phi) is 9.84. The minimum absolute atomic E-state index is 0.0269. The van der Waals surface area contributed by atoms with Crippen LogP contribution in [0.3, 0.4) is 0 Å². The molecule has 0 bridgehead atoms. The van der Waals surface area contributed by atoms with Crippen molar-refractivity contribution in [1.29, 1.82) is 0 Å². The summed E-state index contributed by atoms with van der Waals surface area (Å²) in [5, 5.41) is 40.4. The third-order valence-electron chi connectivity index (χ3n) is 9.17. The summed E-state index contributed by atoms with van der Waals surface area (Å²) in [6.45, 7) is 13.2. The molecular formula is C30H50O5. The van der Waals surface area contributed by atoms with Crippen molar-refractivity contribution in [3.05, 3.63) is 35.5 Å². The Labute approximate surface area is 213 Å². The highest BCUT2D eigenvalue weighted by molar-refractivity contribution is 5.40. The van der Waals surface area contributed by atoms with E-state index in [0.717, 1.165) is 30.8 Å². The number of allylic oxidation sites excluding steroid dienone is 3. The van der Waals surface area contributed by atoms with Crippen LogP contribution in [0.4, 0.5) is 0 Å². The van der Waals surface area contributed by atoms with Gasteiger partial charge in [-0.1, -0.05) is 51.0 Å². The third kappa shape index (κ3) is 6.87. The van der Waals surface area contributed by atoms with Crippen molar-refractivity contribution in [3.63, 3.8) is 0 Å². The van der Waals surface area contributed by atoms with Crippen LogP contribution in [0.2, 0.25) is 0 Å². The van der Waals surface area contributed by atoms with Gasteiger partial charge in [-0.05, 0) is 93.1 Å². The van der Waals surface area contributed by atoms with Crippen molar-refractivity contribution >= 4 is 0 Å². The molecule has 0 spiro atoms. The first-order valence-corrected chi connectivity index (χ1v) is 13.9. The molecule has 0 saturated heterocycles. The van der Waals surface area contributed by atoms with Crippen LogP contribution in [0.5, 0.6) is 0 Å². The summed E-state index contributed by atoms with van der Waals surface area (Å²) in [7, 11) is 0. The quantitative estimate of drug-likeness (QED) is 0.321. The Morgan fingerprint density at radius 3 is 2.63 bits per heavy atom. The second-order valence-corrected chi connectivity index (χ2v) is 12.4. The van der Waals surface area contributed by atoms with E-state index in [0.29, 0.717) is 42.3 Å². The molecule has 0 aromatic rings. The first-order chi connectivity index (χ1) is 16.5. The van der Waals surface area contributed by atoms with E-state index in [1.54, 1.807) is 0 Å². The predicted molar refractivity (Wildman–Crippen MR) is 141 cm³/mol. The van der Waals surface area contributed by atoms with Crippen LogP contribution in [0.1, 0.15) is 91.9 Å². The highest BCUT2D eigenvalue weighted by atomic mass is 16.5. The fraction of sp³-hybridized carbons (Fsp3) is 0.800. The average molecular weight is 491 g/mol. The van der Waals surface area contributed by atoms with Crippen LogP contribution in [0.15, 0.2) is 35.5 Å². The van der Waals surface area contributed by atoms with Gasteiger partial charge in [0.25, 0.3) is 0 Å². The van der Waals surface area contributed by atoms with E-state index in [1.807, 2.05) is 13.8 Å². The van der Waals surface area contributed by atoms with Gasteiger partial charge >= 0.3 is 0 Å². The van der Waals surface area contributed by atoms with Crippen molar-refractivity contribution in [2.45, 2.75) is 116 Å². The van der Waals surface area contributed by atoms with E-state index in [4.69, 9.17) is 9.84 Å². The molecule has 5 heteroatoms. The van der Waals surface area contributed by atoms with Gasteiger partial charge in [-0.15, -0.1) is 0 Å². The number of hydrogen-bond donors (Lipinski definition) is 4. The molecule has 0 radical (unpaired) electrons. The smallest absolute Gasteiger partial charge is 0.114 e. The first kappa shape index (κ1) is 28.6. The van der Waals surface area contributed by atoms with E-state index in [9.17, 15) is 15.3 Å². The number of aliphatic hydroxyl groups is 4. The molecular weight excluding hydrogens is 440 g/mol. The highest BCUT2D eigenvalue weighted by Gasteiger charge is 2.50. The summed E-state index contributed by atoms with van der Waals surface area (Å²) in [4.78, 5) is 0. The summed E-state index contributed by atoms with van der Waals surface area (Å²) in [6, 6.07) is 0. The zero-order valence-corrected chi connectivity index (χ0v) is 22.5. The van der Waals surface area contributed by atoms with Gasteiger partial charge in [-0.25, -0.2) is 0 Å². The molecule has 3 rings (SSSR count). The van der Waals surface area contributed by atoms with E-state index >= 15 is 0 Å². The molecule has 0 amide bonds. The first-order valence-electron chi connectivity index (χ1n) is 13.9. The molecule has 0 aromatic heterocycles. The maximum atomic E-state index is 10.7. The van der Waals surface area contributed by atoms with Crippen molar-refractivity contribution in [2.24, 2.45) is 23.2 Å². The standard InChI is InChI=1S/C30H50O5/c1-20(9-6-15-29(3,4)34)24-13-14-25-22(10-7-16-30(24,25)5)11-12-23-19-26(32)28(27(33)21(23)2)35-18-8-17-31/h11-12,20,24-28,31-34H,2,6-10,13-19H2,1,3-5H3/t20-,24-,25+,26-,27+,28+,30-/m1/s1. The van der Waals surface area contributed by atoms with Crippen LogP contribution < -0.4 is 0 Å². The van der Waals surface area contributed by atoms with Crippen molar-refractivity contribution in [1.82, 2.24) is 0 Å². The normalized spacial score (nSPS) is 37.1. The van der Waals surface area contributed by atoms with Crippen LogP contribution in [-0.4, -0.2) is 57.6 Å². The molecule has 3 aliphatic carbocycles. The Morgan fingerprint density at radius 1 is 1.20 bits per heavy atom. The maximum absolute atomic E-state index is 10.7. The van der Waals surface area contributed by atoms with Gasteiger partial charge in [0.05, 0.1) is 11.7 Å². The molecule has 35 heavy (non-hydrogen) atoms. The van der Waals surface area contributed by atoms with Gasteiger partial charge in [0.2, 0.25) is 0 Å². The van der Waals surface area contributed by atoms with Crippen LogP contribution >= 0.6 is 0 Å². The molecule has 3 saturated carbocycles. The molecule has 7 atom stereocenters. The molecule has 3 aliphatic rings. The van der Waals surface area contributed by atoms with Crippen LogP contribution in [0.25, 0.3) is 0 Å². The largest absolute Gasteiger partial charge is 0.396 e. The van der Waals surface area contributed by atoms with Gasteiger partial charge < -0.3 is 25.2 Å². The van der Waals surface area contributed by atoms with Gasteiger partial charge in [-0.2, -0.15) is 0 Å². The lowest BCUT2D eigenvalue weighted by molar-refractivity contribution is -0.0968. The van der Waals surface area contributed by atoms with Gasteiger partial charge in [0.15, 0.2) is 0 Å². The van der Waals surface area contributed by atoms with E-state index in [2.05, 4.69) is 32.6 Å². The molecule has 0 heterocycles. The molecule has 3 fully saturated rings. The second-order valence-electron chi connectivity index (χ2n) is 12.4. The molecule has 200 valence electrons. The zero-order chi connectivity index (χ0) is 25.8. The molecule has 5 nitrogen and oxygen atoms in total. The zero-order valence-electron chi connectivity index (χ0n) is 22.5. The summed E-state index contributed by atoms with van der Waals surface area (Å²) in [6.07, 6.45) is 12.1. The van der Waals surface area contributed by atoms with Gasteiger partial charge in [0, 0.05) is 19.6 Å². The summed E-state index contributed by atoms with van der Waals surface area (Å²) >= 11 is 0. The van der Waals surface area contributed by atoms with E-state index < -0.39 is 23.9 Å². The fourth-order valence-corrected chi connectivity index (χ4v) is 7.21. The van der Waals surface area contributed by atoms with E-state index in [1.165, 1.54) is 37.7 Å². The highest BCUT2D eigenvalue weighted by Crippen LogP contribution is 2.60. The van der Waals surface area contributed by atoms with Crippen LogP contribution in [-0.2, 0) is 4.74 Å². The Balaban J connectivity index is 1.67. The number of aliphatic hydroxyl groups excluding tert-OH is 3. The second kappa shape index (κ2) is 12.0. The lowest BCUT2D eigenvalue weighted by Gasteiger charge is -2.44. The monoisotopic (exact) mass is 490 g/mol.